The summed E-state index contributed by atoms with van der Waals surface area (Å²) in [5.74, 6) is -0.289. The van der Waals surface area contributed by atoms with Crippen LogP contribution < -0.4 is 10.6 Å². The quantitative estimate of drug-likeness (QED) is 0.530. The van der Waals surface area contributed by atoms with Gasteiger partial charge in [0.05, 0.1) is 12.0 Å². The van der Waals surface area contributed by atoms with Crippen LogP contribution in [0.5, 0.6) is 0 Å². The van der Waals surface area contributed by atoms with Gasteiger partial charge < -0.3 is 10.6 Å². The summed E-state index contributed by atoms with van der Waals surface area (Å²) >= 11 is 0. The number of rotatable bonds is 6. The first-order valence-electron chi connectivity index (χ1n) is 9.19. The van der Waals surface area contributed by atoms with Crippen LogP contribution in [0.2, 0.25) is 0 Å². The van der Waals surface area contributed by atoms with Gasteiger partial charge in [0.1, 0.15) is 0 Å². The van der Waals surface area contributed by atoms with Gasteiger partial charge in [0.25, 0.3) is 0 Å². The third-order valence-electron chi connectivity index (χ3n) is 4.50. The second-order valence-electron chi connectivity index (χ2n) is 6.77. The fraction of sp³-hybridized carbons (Fsp3) is 0.174. The van der Waals surface area contributed by atoms with Crippen LogP contribution in [0.15, 0.2) is 78.9 Å². The number of carbonyl (C=O) groups is 1. The van der Waals surface area contributed by atoms with E-state index in [0.717, 1.165) is 17.8 Å². The zero-order valence-corrected chi connectivity index (χ0v) is 15.8. The van der Waals surface area contributed by atoms with Crippen LogP contribution in [0.3, 0.4) is 0 Å². The van der Waals surface area contributed by atoms with E-state index in [1.165, 1.54) is 17.7 Å². The van der Waals surface area contributed by atoms with Gasteiger partial charge >= 0.3 is 6.18 Å². The van der Waals surface area contributed by atoms with Gasteiger partial charge in [-0.05, 0) is 54.4 Å². The summed E-state index contributed by atoms with van der Waals surface area (Å²) in [4.78, 5) is 12.2. The van der Waals surface area contributed by atoms with Gasteiger partial charge in [-0.3, -0.25) is 4.79 Å². The Morgan fingerprint density at radius 2 is 1.45 bits per heavy atom. The Kier molecular flexibility index (Phi) is 6.22. The Balaban J connectivity index is 1.54. The van der Waals surface area contributed by atoms with Crippen molar-refractivity contribution in [3.05, 3.63) is 95.6 Å². The minimum Gasteiger partial charge on any atom is -0.379 e. The maximum Gasteiger partial charge on any atom is 0.416 e. The summed E-state index contributed by atoms with van der Waals surface area (Å²) in [6.07, 6.45) is -4.38. The van der Waals surface area contributed by atoms with Crippen molar-refractivity contribution in [3.63, 3.8) is 0 Å². The van der Waals surface area contributed by atoms with Crippen LogP contribution in [0.1, 0.15) is 29.7 Å². The highest BCUT2D eigenvalue weighted by Gasteiger charge is 2.29. The number of amides is 1. The van der Waals surface area contributed by atoms with E-state index in [0.29, 0.717) is 11.3 Å². The highest BCUT2D eigenvalue weighted by atomic mass is 19.4. The van der Waals surface area contributed by atoms with Crippen molar-refractivity contribution in [2.45, 2.75) is 25.6 Å². The molecule has 1 atom stereocenters. The van der Waals surface area contributed by atoms with Gasteiger partial charge in [-0.2, -0.15) is 13.2 Å². The molecule has 3 aromatic carbocycles. The lowest BCUT2D eigenvalue weighted by Crippen LogP contribution is -2.14. The lowest BCUT2D eigenvalue weighted by Gasteiger charge is -2.16. The number of hydrogen-bond donors (Lipinski definition) is 2. The molecule has 0 aliphatic carbocycles. The molecule has 0 fully saturated rings. The number of nitrogens with one attached hydrogen (secondary N) is 2. The second kappa shape index (κ2) is 8.82. The van der Waals surface area contributed by atoms with Crippen LogP contribution in [-0.2, 0) is 17.4 Å². The Bertz CT molecular complexity index is 937. The van der Waals surface area contributed by atoms with Crippen LogP contribution in [0.25, 0.3) is 0 Å². The first-order valence-corrected chi connectivity index (χ1v) is 9.19. The molecule has 0 aromatic heterocycles. The summed E-state index contributed by atoms with van der Waals surface area (Å²) in [6.45, 7) is 2.06. The maximum atomic E-state index is 12.6. The monoisotopic (exact) mass is 398 g/mol. The van der Waals surface area contributed by atoms with Gasteiger partial charge in [0, 0.05) is 17.4 Å². The average Bonchev–Trinajstić information content (AvgIpc) is 2.70. The molecule has 1 amide bonds. The molecule has 150 valence electrons. The highest BCUT2D eigenvalue weighted by Crippen LogP contribution is 2.29. The summed E-state index contributed by atoms with van der Waals surface area (Å²) in [6, 6.07) is 22.1. The molecule has 29 heavy (non-hydrogen) atoms. The summed E-state index contributed by atoms with van der Waals surface area (Å²) < 4.78 is 37.8. The fourth-order valence-corrected chi connectivity index (χ4v) is 2.93. The second-order valence-corrected chi connectivity index (χ2v) is 6.77. The zero-order valence-electron chi connectivity index (χ0n) is 15.8. The minimum absolute atomic E-state index is 0.00315. The molecule has 1 unspecified atom stereocenters. The standard InChI is InChI=1S/C23H21F3N2O/c1-16(18-5-3-2-4-6-18)27-20-11-13-21(14-12-20)28-22(29)15-17-7-9-19(10-8-17)23(24,25)26/h2-14,16,27H,15H2,1H3,(H,28,29). The van der Waals surface area contributed by atoms with Crippen LogP contribution in [0.4, 0.5) is 24.5 Å². The van der Waals surface area contributed by atoms with E-state index in [9.17, 15) is 18.0 Å². The molecular formula is C23H21F3N2O. The first-order chi connectivity index (χ1) is 13.8. The third kappa shape index (κ3) is 5.85. The van der Waals surface area contributed by atoms with Gasteiger partial charge in [0.2, 0.25) is 5.91 Å². The summed E-state index contributed by atoms with van der Waals surface area (Å²) in [5.41, 5.74) is 2.50. The smallest absolute Gasteiger partial charge is 0.379 e. The van der Waals surface area contributed by atoms with Crippen LogP contribution in [0, 0.1) is 0 Å². The molecule has 2 N–H and O–H groups in total. The van der Waals surface area contributed by atoms with Crippen molar-refractivity contribution in [2.75, 3.05) is 10.6 Å². The van der Waals surface area contributed by atoms with E-state index in [4.69, 9.17) is 0 Å². The lowest BCUT2D eigenvalue weighted by molar-refractivity contribution is -0.137. The van der Waals surface area contributed by atoms with Crippen molar-refractivity contribution in [1.82, 2.24) is 0 Å². The number of carbonyl (C=O) groups excluding carboxylic acids is 1. The topological polar surface area (TPSA) is 41.1 Å². The van der Waals surface area contributed by atoms with Gasteiger partial charge in [-0.25, -0.2) is 0 Å². The number of hydrogen-bond acceptors (Lipinski definition) is 2. The molecule has 0 spiro atoms. The predicted molar refractivity (Wildman–Crippen MR) is 109 cm³/mol. The normalized spacial score (nSPS) is 12.3. The molecule has 0 radical (unpaired) electrons. The molecule has 0 saturated carbocycles. The lowest BCUT2D eigenvalue weighted by atomic mass is 10.1. The molecule has 0 bridgehead atoms. The van der Waals surface area contributed by atoms with Crippen molar-refractivity contribution >= 4 is 17.3 Å². The van der Waals surface area contributed by atoms with Crippen molar-refractivity contribution < 1.29 is 18.0 Å². The number of alkyl halides is 3. The summed E-state index contributed by atoms with van der Waals surface area (Å²) in [7, 11) is 0. The molecule has 0 aliphatic rings. The van der Waals surface area contributed by atoms with Crippen molar-refractivity contribution in [2.24, 2.45) is 0 Å². The number of anilines is 2. The van der Waals surface area contributed by atoms with Gasteiger partial charge in [-0.1, -0.05) is 42.5 Å². The van der Waals surface area contributed by atoms with E-state index in [1.807, 2.05) is 42.5 Å². The van der Waals surface area contributed by atoms with Crippen molar-refractivity contribution in [3.8, 4) is 0 Å². The van der Waals surface area contributed by atoms with E-state index < -0.39 is 11.7 Å². The molecular weight excluding hydrogens is 377 g/mol. The number of benzene rings is 3. The van der Waals surface area contributed by atoms with Crippen molar-refractivity contribution in [1.29, 1.82) is 0 Å². The highest BCUT2D eigenvalue weighted by molar-refractivity contribution is 5.92. The predicted octanol–water partition coefficient (Wildman–Crippen LogP) is 6.06. The maximum absolute atomic E-state index is 12.6. The molecule has 0 saturated heterocycles. The minimum atomic E-state index is -4.38. The SMILES string of the molecule is CC(Nc1ccc(NC(=O)Cc2ccc(C(F)(F)F)cc2)cc1)c1ccccc1. The van der Waals surface area contributed by atoms with E-state index in [2.05, 4.69) is 17.6 Å². The zero-order chi connectivity index (χ0) is 20.9. The molecule has 6 heteroatoms. The van der Waals surface area contributed by atoms with E-state index in [1.54, 1.807) is 12.1 Å². The van der Waals surface area contributed by atoms with Crippen LogP contribution in [-0.4, -0.2) is 5.91 Å². The summed E-state index contributed by atoms with van der Waals surface area (Å²) in [5, 5.41) is 6.15. The Morgan fingerprint density at radius 3 is 2.03 bits per heavy atom. The molecule has 3 aromatic rings. The van der Waals surface area contributed by atoms with Gasteiger partial charge in [0.15, 0.2) is 0 Å². The average molecular weight is 398 g/mol. The third-order valence-corrected chi connectivity index (χ3v) is 4.50. The molecule has 0 aliphatic heterocycles. The van der Waals surface area contributed by atoms with Crippen LogP contribution >= 0.6 is 0 Å². The molecule has 0 heterocycles. The van der Waals surface area contributed by atoms with E-state index >= 15 is 0 Å². The van der Waals surface area contributed by atoms with E-state index in [-0.39, 0.29) is 18.4 Å². The largest absolute Gasteiger partial charge is 0.416 e. The first kappa shape index (κ1) is 20.5. The molecule has 3 nitrogen and oxygen atoms in total. The Hall–Kier alpha value is -3.28. The molecule has 3 rings (SSSR count). The Labute approximate surface area is 167 Å². The van der Waals surface area contributed by atoms with Gasteiger partial charge in [-0.15, -0.1) is 0 Å². The Morgan fingerprint density at radius 1 is 0.862 bits per heavy atom. The fourth-order valence-electron chi connectivity index (χ4n) is 2.93. The number of halogens is 3.